The van der Waals surface area contributed by atoms with Gasteiger partial charge in [-0.1, -0.05) is 13.8 Å². The Morgan fingerprint density at radius 2 is 1.87 bits per heavy atom. The van der Waals surface area contributed by atoms with Gasteiger partial charge in [-0.2, -0.15) is 0 Å². The molecule has 0 amide bonds. The van der Waals surface area contributed by atoms with Crippen LogP contribution in [0.3, 0.4) is 0 Å². The van der Waals surface area contributed by atoms with Crippen LogP contribution in [0, 0.1) is 5.92 Å². The van der Waals surface area contributed by atoms with Gasteiger partial charge in [0, 0.05) is 24.4 Å². The predicted octanol–water partition coefficient (Wildman–Crippen LogP) is 2.01. The van der Waals surface area contributed by atoms with Crippen molar-refractivity contribution in [1.82, 2.24) is 5.32 Å². The topological polar surface area (TPSA) is 38.3 Å². The van der Waals surface area contributed by atoms with Crippen LogP contribution < -0.4 is 5.32 Å². The molecule has 0 aliphatic heterocycles. The summed E-state index contributed by atoms with van der Waals surface area (Å²) in [5.41, 5.74) is 0.136. The maximum absolute atomic E-state index is 11.2. The molecule has 0 heterocycles. The van der Waals surface area contributed by atoms with Gasteiger partial charge in [0.25, 0.3) is 0 Å². The monoisotopic (exact) mass is 215 g/mol. The lowest BCUT2D eigenvalue weighted by Crippen LogP contribution is -2.38. The van der Waals surface area contributed by atoms with Gasteiger partial charge in [-0.25, -0.2) is 0 Å². The van der Waals surface area contributed by atoms with Crippen LogP contribution in [0.1, 0.15) is 41.0 Å². The number of carbonyl (C=O) groups excluding carboxylic acids is 1. The van der Waals surface area contributed by atoms with Crippen molar-refractivity contribution in [2.75, 3.05) is 19.8 Å². The minimum Gasteiger partial charge on any atom is -0.380 e. The number of nitrogens with one attached hydrogen (secondary N) is 1. The van der Waals surface area contributed by atoms with Crippen molar-refractivity contribution >= 4 is 5.78 Å². The average molecular weight is 215 g/mol. The number of hydrogen-bond acceptors (Lipinski definition) is 3. The molecule has 90 valence electrons. The fraction of sp³-hybridized carbons (Fsp3) is 0.917. The lowest BCUT2D eigenvalue weighted by Gasteiger charge is -2.20. The molecule has 0 aromatic rings. The summed E-state index contributed by atoms with van der Waals surface area (Å²) in [5, 5.41) is 3.32. The van der Waals surface area contributed by atoms with Crippen molar-refractivity contribution in [2.24, 2.45) is 5.92 Å². The van der Waals surface area contributed by atoms with Crippen molar-refractivity contribution in [2.45, 2.75) is 46.6 Å². The number of rotatable bonds is 7. The highest BCUT2D eigenvalue weighted by atomic mass is 16.5. The Hall–Kier alpha value is -0.410. The molecule has 1 N–H and O–H groups in total. The van der Waals surface area contributed by atoms with E-state index in [9.17, 15) is 4.79 Å². The van der Waals surface area contributed by atoms with Gasteiger partial charge in [-0.05, 0) is 20.8 Å². The molecular formula is C12H25NO2. The van der Waals surface area contributed by atoms with Crippen LogP contribution in [-0.4, -0.2) is 31.1 Å². The fourth-order valence-electron chi connectivity index (χ4n) is 1.06. The molecule has 0 saturated carbocycles. The van der Waals surface area contributed by atoms with Gasteiger partial charge in [0.1, 0.15) is 5.78 Å². The number of hydrogen-bond donors (Lipinski definition) is 1. The van der Waals surface area contributed by atoms with Crippen molar-refractivity contribution in [1.29, 1.82) is 0 Å². The van der Waals surface area contributed by atoms with Crippen molar-refractivity contribution in [3.8, 4) is 0 Å². The summed E-state index contributed by atoms with van der Waals surface area (Å²) < 4.78 is 5.37. The molecule has 0 aliphatic carbocycles. The molecule has 0 saturated heterocycles. The summed E-state index contributed by atoms with van der Waals surface area (Å²) in [5.74, 6) is 0.403. The zero-order valence-electron chi connectivity index (χ0n) is 10.7. The fourth-order valence-corrected chi connectivity index (χ4v) is 1.06. The van der Waals surface area contributed by atoms with E-state index in [-0.39, 0.29) is 17.2 Å². The van der Waals surface area contributed by atoms with Crippen molar-refractivity contribution < 1.29 is 9.53 Å². The third-order valence-electron chi connectivity index (χ3n) is 2.04. The van der Waals surface area contributed by atoms with Gasteiger partial charge in [-0.15, -0.1) is 0 Å². The molecule has 0 spiro atoms. The summed E-state index contributed by atoms with van der Waals surface area (Å²) in [6.07, 6.45) is 0.535. The van der Waals surface area contributed by atoms with E-state index in [1.54, 1.807) is 0 Å². The third-order valence-corrected chi connectivity index (χ3v) is 2.04. The first kappa shape index (κ1) is 14.6. The zero-order chi connectivity index (χ0) is 11.9. The van der Waals surface area contributed by atoms with Crippen molar-refractivity contribution in [3.05, 3.63) is 0 Å². The van der Waals surface area contributed by atoms with Gasteiger partial charge in [0.05, 0.1) is 13.2 Å². The molecule has 0 fully saturated rings. The van der Waals surface area contributed by atoms with Crippen LogP contribution in [-0.2, 0) is 9.53 Å². The third kappa shape index (κ3) is 9.88. The first-order chi connectivity index (χ1) is 6.83. The standard InChI is InChI=1S/C12H25NO2/c1-10(2)11(14)6-8-15-9-7-13-12(3,4)5/h10,13H,6-9H2,1-5H3. The van der Waals surface area contributed by atoms with E-state index in [4.69, 9.17) is 4.74 Å². The molecule has 0 aromatic heterocycles. The highest BCUT2D eigenvalue weighted by molar-refractivity contribution is 5.80. The number of Topliss-reactive ketones (excluding diaryl/α,β-unsaturated/α-hetero) is 1. The molecule has 0 aromatic carbocycles. The second kappa shape index (κ2) is 6.96. The van der Waals surface area contributed by atoms with E-state index < -0.39 is 0 Å². The SMILES string of the molecule is CC(C)C(=O)CCOCCNC(C)(C)C. The number of ether oxygens (including phenoxy) is 1. The normalized spacial score (nSPS) is 12.1. The van der Waals surface area contributed by atoms with E-state index in [2.05, 4.69) is 26.1 Å². The van der Waals surface area contributed by atoms with E-state index in [0.29, 0.717) is 19.6 Å². The minimum atomic E-state index is 0.126. The van der Waals surface area contributed by atoms with Gasteiger partial charge in [0.15, 0.2) is 0 Å². The lowest BCUT2D eigenvalue weighted by molar-refractivity contribution is -0.122. The van der Waals surface area contributed by atoms with E-state index >= 15 is 0 Å². The maximum Gasteiger partial charge on any atom is 0.137 e. The molecule has 3 heteroatoms. The second-order valence-corrected chi connectivity index (χ2v) is 5.16. The lowest BCUT2D eigenvalue weighted by atomic mass is 10.1. The Morgan fingerprint density at radius 3 is 2.33 bits per heavy atom. The molecule has 0 bridgehead atoms. The quantitative estimate of drug-likeness (QED) is 0.660. The minimum absolute atomic E-state index is 0.126. The van der Waals surface area contributed by atoms with Crippen LogP contribution >= 0.6 is 0 Å². The maximum atomic E-state index is 11.2. The van der Waals surface area contributed by atoms with E-state index in [1.807, 2.05) is 13.8 Å². The van der Waals surface area contributed by atoms with E-state index in [0.717, 1.165) is 6.54 Å². The molecule has 0 atom stereocenters. The predicted molar refractivity (Wildman–Crippen MR) is 63.0 cm³/mol. The molecule has 0 rings (SSSR count). The van der Waals surface area contributed by atoms with Crippen LogP contribution in [0.15, 0.2) is 0 Å². The second-order valence-electron chi connectivity index (χ2n) is 5.16. The Bertz CT molecular complexity index is 183. The first-order valence-corrected chi connectivity index (χ1v) is 5.68. The summed E-state index contributed by atoms with van der Waals surface area (Å²) in [4.78, 5) is 11.2. The Balaban J connectivity index is 3.30. The number of carbonyl (C=O) groups is 1. The number of ketones is 1. The Labute approximate surface area is 93.6 Å². The summed E-state index contributed by atoms with van der Waals surface area (Å²) in [6.45, 7) is 12.2. The first-order valence-electron chi connectivity index (χ1n) is 5.68. The smallest absolute Gasteiger partial charge is 0.137 e. The van der Waals surface area contributed by atoms with Crippen LogP contribution in [0.25, 0.3) is 0 Å². The van der Waals surface area contributed by atoms with Gasteiger partial charge >= 0.3 is 0 Å². The van der Waals surface area contributed by atoms with Gasteiger partial charge in [-0.3, -0.25) is 4.79 Å². The highest BCUT2D eigenvalue weighted by Gasteiger charge is 2.08. The van der Waals surface area contributed by atoms with E-state index in [1.165, 1.54) is 0 Å². The van der Waals surface area contributed by atoms with Gasteiger partial charge in [0.2, 0.25) is 0 Å². The Kier molecular flexibility index (Phi) is 6.77. The summed E-state index contributed by atoms with van der Waals surface area (Å²) >= 11 is 0. The summed E-state index contributed by atoms with van der Waals surface area (Å²) in [6, 6.07) is 0. The zero-order valence-corrected chi connectivity index (χ0v) is 10.7. The summed E-state index contributed by atoms with van der Waals surface area (Å²) in [7, 11) is 0. The average Bonchev–Trinajstić information content (AvgIpc) is 2.08. The molecule has 0 radical (unpaired) electrons. The molecular weight excluding hydrogens is 190 g/mol. The largest absolute Gasteiger partial charge is 0.380 e. The molecule has 15 heavy (non-hydrogen) atoms. The molecule has 0 unspecified atom stereocenters. The van der Waals surface area contributed by atoms with Crippen molar-refractivity contribution in [3.63, 3.8) is 0 Å². The molecule has 0 aliphatic rings. The van der Waals surface area contributed by atoms with Crippen LogP contribution in [0.2, 0.25) is 0 Å². The van der Waals surface area contributed by atoms with Crippen LogP contribution in [0.4, 0.5) is 0 Å². The van der Waals surface area contributed by atoms with Crippen LogP contribution in [0.5, 0.6) is 0 Å². The molecule has 3 nitrogen and oxygen atoms in total. The van der Waals surface area contributed by atoms with Gasteiger partial charge < -0.3 is 10.1 Å². The highest BCUT2D eigenvalue weighted by Crippen LogP contribution is 1.99. The Morgan fingerprint density at radius 1 is 1.27 bits per heavy atom.